The number of nitrogens with one attached hydrogen (secondary N) is 1. The van der Waals surface area contributed by atoms with Crippen LogP contribution >= 0.6 is 12.6 Å². The highest BCUT2D eigenvalue weighted by atomic mass is 32.1. The molecule has 2 atom stereocenters. The summed E-state index contributed by atoms with van der Waals surface area (Å²) >= 11 is 4.16. The predicted octanol–water partition coefficient (Wildman–Crippen LogP) is 2.78. The first-order chi connectivity index (χ1) is 7.15. The molecule has 1 aliphatic rings. The molecule has 0 aliphatic heterocycles. The van der Waals surface area contributed by atoms with Crippen molar-refractivity contribution in [1.82, 2.24) is 5.32 Å². The van der Waals surface area contributed by atoms with Gasteiger partial charge < -0.3 is 5.32 Å². The molecule has 0 heterocycles. The highest BCUT2D eigenvalue weighted by Gasteiger charge is 2.24. The van der Waals surface area contributed by atoms with Crippen molar-refractivity contribution < 1.29 is 4.79 Å². The molecular formula is C12H23NOS. The van der Waals surface area contributed by atoms with Crippen LogP contribution in [0.4, 0.5) is 0 Å². The fourth-order valence-corrected chi connectivity index (χ4v) is 2.47. The monoisotopic (exact) mass is 229 g/mol. The molecule has 1 amide bonds. The minimum absolute atomic E-state index is 0.0794. The normalized spacial score (nSPS) is 22.1. The van der Waals surface area contributed by atoms with Crippen LogP contribution in [-0.2, 0) is 4.79 Å². The van der Waals surface area contributed by atoms with Gasteiger partial charge in [-0.3, -0.25) is 4.79 Å². The van der Waals surface area contributed by atoms with Crippen LogP contribution < -0.4 is 5.32 Å². The Kier molecular flexibility index (Phi) is 5.51. The molecule has 0 aromatic carbocycles. The first-order valence-electron chi connectivity index (χ1n) is 6.13. The highest BCUT2D eigenvalue weighted by molar-refractivity contribution is 7.81. The van der Waals surface area contributed by atoms with E-state index in [4.69, 9.17) is 0 Å². The molecule has 1 rings (SSSR count). The molecule has 3 heteroatoms. The zero-order valence-electron chi connectivity index (χ0n) is 9.83. The van der Waals surface area contributed by atoms with Gasteiger partial charge in [-0.15, -0.1) is 0 Å². The minimum atomic E-state index is -0.192. The van der Waals surface area contributed by atoms with Gasteiger partial charge in [0.25, 0.3) is 0 Å². The maximum Gasteiger partial charge on any atom is 0.232 e. The van der Waals surface area contributed by atoms with Crippen LogP contribution in [0.2, 0.25) is 0 Å². The maximum atomic E-state index is 11.6. The molecule has 0 aromatic heterocycles. The Labute approximate surface area is 98.6 Å². The standard InChI is InChI=1S/C12H23NOS/c1-3-11(13-12(14)9(2)15)10-7-5-4-6-8-10/h9-11,15H,3-8H2,1-2H3,(H,13,14). The lowest BCUT2D eigenvalue weighted by atomic mass is 9.83. The molecule has 15 heavy (non-hydrogen) atoms. The molecule has 0 bridgehead atoms. The van der Waals surface area contributed by atoms with Gasteiger partial charge in [0, 0.05) is 6.04 Å². The third-order valence-corrected chi connectivity index (χ3v) is 3.60. The van der Waals surface area contributed by atoms with Crippen molar-refractivity contribution in [3.8, 4) is 0 Å². The van der Waals surface area contributed by atoms with E-state index in [2.05, 4.69) is 24.9 Å². The van der Waals surface area contributed by atoms with E-state index in [1.54, 1.807) is 0 Å². The largest absolute Gasteiger partial charge is 0.352 e. The molecule has 0 aromatic rings. The van der Waals surface area contributed by atoms with Crippen LogP contribution in [0.3, 0.4) is 0 Å². The molecule has 1 N–H and O–H groups in total. The molecule has 0 spiro atoms. The van der Waals surface area contributed by atoms with Crippen molar-refractivity contribution in [3.05, 3.63) is 0 Å². The second kappa shape index (κ2) is 6.41. The fraction of sp³-hybridized carbons (Fsp3) is 0.917. The molecule has 2 unspecified atom stereocenters. The Balaban J connectivity index is 2.43. The number of carbonyl (C=O) groups is 1. The van der Waals surface area contributed by atoms with E-state index in [0.29, 0.717) is 12.0 Å². The Morgan fingerprint density at radius 2 is 2.00 bits per heavy atom. The third kappa shape index (κ3) is 4.06. The molecule has 2 nitrogen and oxygen atoms in total. The van der Waals surface area contributed by atoms with Gasteiger partial charge in [-0.2, -0.15) is 12.6 Å². The van der Waals surface area contributed by atoms with Gasteiger partial charge in [-0.05, 0) is 32.1 Å². The molecule has 0 radical (unpaired) electrons. The van der Waals surface area contributed by atoms with Gasteiger partial charge in [0.15, 0.2) is 0 Å². The minimum Gasteiger partial charge on any atom is -0.352 e. The zero-order chi connectivity index (χ0) is 11.3. The van der Waals surface area contributed by atoms with Crippen molar-refractivity contribution in [2.24, 2.45) is 5.92 Å². The van der Waals surface area contributed by atoms with Crippen molar-refractivity contribution in [3.63, 3.8) is 0 Å². The summed E-state index contributed by atoms with van der Waals surface area (Å²) in [7, 11) is 0. The summed E-state index contributed by atoms with van der Waals surface area (Å²) in [6.45, 7) is 3.98. The van der Waals surface area contributed by atoms with Crippen LogP contribution in [0.5, 0.6) is 0 Å². The maximum absolute atomic E-state index is 11.6. The average molecular weight is 229 g/mol. The summed E-state index contributed by atoms with van der Waals surface area (Å²) in [5.41, 5.74) is 0. The van der Waals surface area contributed by atoms with E-state index in [9.17, 15) is 4.79 Å². The number of amides is 1. The summed E-state index contributed by atoms with van der Waals surface area (Å²) in [6, 6.07) is 0.368. The first kappa shape index (κ1) is 12.9. The lowest BCUT2D eigenvalue weighted by Crippen LogP contribution is -2.43. The van der Waals surface area contributed by atoms with Gasteiger partial charge in [0.05, 0.1) is 5.25 Å². The Bertz CT molecular complexity index is 200. The highest BCUT2D eigenvalue weighted by Crippen LogP contribution is 2.27. The van der Waals surface area contributed by atoms with Crippen LogP contribution in [0.25, 0.3) is 0 Å². The molecule has 1 fully saturated rings. The van der Waals surface area contributed by atoms with Crippen LogP contribution in [-0.4, -0.2) is 17.2 Å². The van der Waals surface area contributed by atoms with Gasteiger partial charge >= 0.3 is 0 Å². The lowest BCUT2D eigenvalue weighted by molar-refractivity contribution is -0.121. The lowest BCUT2D eigenvalue weighted by Gasteiger charge is -2.30. The van der Waals surface area contributed by atoms with E-state index in [1.807, 2.05) is 6.92 Å². The summed E-state index contributed by atoms with van der Waals surface area (Å²) in [4.78, 5) is 11.6. The number of hydrogen-bond donors (Lipinski definition) is 2. The average Bonchev–Trinajstić information content (AvgIpc) is 2.26. The van der Waals surface area contributed by atoms with Crippen LogP contribution in [0.1, 0.15) is 52.4 Å². The number of rotatable bonds is 4. The van der Waals surface area contributed by atoms with Crippen molar-refractivity contribution >= 4 is 18.5 Å². The molecular weight excluding hydrogens is 206 g/mol. The van der Waals surface area contributed by atoms with Crippen molar-refractivity contribution in [2.75, 3.05) is 0 Å². The number of thiol groups is 1. The van der Waals surface area contributed by atoms with Gasteiger partial charge in [-0.25, -0.2) is 0 Å². The fourth-order valence-electron chi connectivity index (χ4n) is 2.39. The summed E-state index contributed by atoms with van der Waals surface area (Å²) in [5, 5.41) is 2.93. The van der Waals surface area contributed by atoms with E-state index < -0.39 is 0 Å². The van der Waals surface area contributed by atoms with E-state index >= 15 is 0 Å². The summed E-state index contributed by atoms with van der Waals surface area (Å²) < 4.78 is 0. The molecule has 1 aliphatic carbocycles. The molecule has 88 valence electrons. The van der Waals surface area contributed by atoms with Gasteiger partial charge in [-0.1, -0.05) is 26.2 Å². The second-order valence-corrected chi connectivity index (χ2v) is 5.37. The number of carbonyl (C=O) groups excluding carboxylic acids is 1. The quantitative estimate of drug-likeness (QED) is 0.713. The van der Waals surface area contributed by atoms with Gasteiger partial charge in [0.1, 0.15) is 0 Å². The van der Waals surface area contributed by atoms with E-state index in [1.165, 1.54) is 32.1 Å². The zero-order valence-corrected chi connectivity index (χ0v) is 10.7. The second-order valence-electron chi connectivity index (χ2n) is 4.60. The van der Waals surface area contributed by atoms with Crippen LogP contribution in [0.15, 0.2) is 0 Å². The smallest absolute Gasteiger partial charge is 0.232 e. The SMILES string of the molecule is CCC(NC(=O)C(C)S)C1CCCCC1. The summed E-state index contributed by atoms with van der Waals surface area (Å²) in [6.07, 6.45) is 7.61. The third-order valence-electron chi connectivity index (χ3n) is 3.37. The van der Waals surface area contributed by atoms with Crippen LogP contribution in [0, 0.1) is 5.92 Å². The Hall–Kier alpha value is -0.180. The van der Waals surface area contributed by atoms with E-state index in [0.717, 1.165) is 6.42 Å². The van der Waals surface area contributed by atoms with Crippen molar-refractivity contribution in [2.45, 2.75) is 63.7 Å². The first-order valence-corrected chi connectivity index (χ1v) is 6.65. The Morgan fingerprint density at radius 1 is 1.40 bits per heavy atom. The number of hydrogen-bond acceptors (Lipinski definition) is 2. The van der Waals surface area contributed by atoms with E-state index in [-0.39, 0.29) is 11.2 Å². The van der Waals surface area contributed by atoms with Gasteiger partial charge in [0.2, 0.25) is 5.91 Å². The molecule has 0 saturated heterocycles. The molecule has 1 saturated carbocycles. The predicted molar refractivity (Wildman–Crippen MR) is 67.2 cm³/mol. The topological polar surface area (TPSA) is 29.1 Å². The Morgan fingerprint density at radius 3 is 2.47 bits per heavy atom. The van der Waals surface area contributed by atoms with Crippen molar-refractivity contribution in [1.29, 1.82) is 0 Å². The summed E-state index contributed by atoms with van der Waals surface area (Å²) in [5.74, 6) is 0.774.